The molecule has 2 unspecified atom stereocenters. The number of hydrogen-bond donors (Lipinski definition) is 2. The van der Waals surface area contributed by atoms with Gasteiger partial charge in [-0.2, -0.15) is 0 Å². The van der Waals surface area contributed by atoms with Crippen molar-refractivity contribution in [3.05, 3.63) is 35.6 Å². The van der Waals surface area contributed by atoms with Gasteiger partial charge in [0.05, 0.1) is 6.26 Å². The molecule has 1 aromatic heterocycles. The lowest BCUT2D eigenvalue weighted by Gasteiger charge is -2.21. The molecular formula is C18H22N2O2. The van der Waals surface area contributed by atoms with Crippen molar-refractivity contribution in [2.75, 3.05) is 0 Å². The van der Waals surface area contributed by atoms with E-state index in [9.17, 15) is 4.79 Å². The average Bonchev–Trinajstić information content (AvgIpc) is 3.20. The highest BCUT2D eigenvalue weighted by Gasteiger charge is 2.39. The van der Waals surface area contributed by atoms with Gasteiger partial charge in [0.1, 0.15) is 5.58 Å². The summed E-state index contributed by atoms with van der Waals surface area (Å²) in [6.45, 7) is 4.27. The van der Waals surface area contributed by atoms with Crippen LogP contribution < -0.4 is 10.6 Å². The third kappa shape index (κ3) is 2.22. The molecule has 0 saturated carbocycles. The molecule has 2 saturated heterocycles. The molecule has 3 heterocycles. The molecule has 2 aliphatic heterocycles. The van der Waals surface area contributed by atoms with Crippen molar-refractivity contribution in [1.29, 1.82) is 0 Å². The maximum Gasteiger partial charge on any atom is 0.251 e. The molecule has 4 rings (SSSR count). The minimum Gasteiger partial charge on any atom is -0.464 e. The standard InChI is InChI=1S/C18H22N2O2/c1-10(2)14-9-22-17-6-3-11(7-13(14)17)18(21)20-16-8-12-4-5-15(16)19-12/h3,6-7,9-10,12,15-16,19H,4-5,8H2,1-2H3,(H,20,21)/t12?,15?,16-/m1/s1. The highest BCUT2D eigenvalue weighted by atomic mass is 16.3. The molecule has 2 aliphatic rings. The van der Waals surface area contributed by atoms with Gasteiger partial charge in [-0.25, -0.2) is 0 Å². The third-order valence-corrected chi connectivity index (χ3v) is 5.10. The number of carbonyl (C=O) groups is 1. The summed E-state index contributed by atoms with van der Waals surface area (Å²) in [7, 11) is 0. The van der Waals surface area contributed by atoms with Gasteiger partial charge in [-0.05, 0) is 43.4 Å². The van der Waals surface area contributed by atoms with E-state index in [2.05, 4.69) is 24.5 Å². The fourth-order valence-corrected chi connectivity index (χ4v) is 3.87. The maximum atomic E-state index is 12.6. The Morgan fingerprint density at radius 1 is 1.36 bits per heavy atom. The van der Waals surface area contributed by atoms with Crippen molar-refractivity contribution >= 4 is 16.9 Å². The van der Waals surface area contributed by atoms with E-state index in [4.69, 9.17) is 4.42 Å². The Kier molecular flexibility index (Phi) is 3.22. The van der Waals surface area contributed by atoms with E-state index in [0.717, 1.165) is 28.5 Å². The molecule has 1 amide bonds. The van der Waals surface area contributed by atoms with Gasteiger partial charge < -0.3 is 15.1 Å². The molecule has 4 nitrogen and oxygen atoms in total. The highest BCUT2D eigenvalue weighted by Crippen LogP contribution is 2.30. The van der Waals surface area contributed by atoms with Gasteiger partial charge in [-0.1, -0.05) is 13.8 Å². The monoisotopic (exact) mass is 298 g/mol. The van der Waals surface area contributed by atoms with E-state index in [1.807, 2.05) is 18.2 Å². The summed E-state index contributed by atoms with van der Waals surface area (Å²) in [4.78, 5) is 12.6. The van der Waals surface area contributed by atoms with Crippen LogP contribution in [-0.4, -0.2) is 24.0 Å². The van der Waals surface area contributed by atoms with Gasteiger partial charge >= 0.3 is 0 Å². The van der Waals surface area contributed by atoms with Gasteiger partial charge in [0.2, 0.25) is 0 Å². The number of fused-ring (bicyclic) bond motifs is 3. The number of carbonyl (C=O) groups excluding carboxylic acids is 1. The normalized spacial score (nSPS) is 27.0. The van der Waals surface area contributed by atoms with Crippen molar-refractivity contribution in [1.82, 2.24) is 10.6 Å². The second-order valence-corrected chi connectivity index (χ2v) is 6.92. The first-order valence-corrected chi connectivity index (χ1v) is 8.20. The number of amides is 1. The Morgan fingerprint density at radius 3 is 2.91 bits per heavy atom. The van der Waals surface area contributed by atoms with Crippen LogP contribution in [0.1, 0.15) is 54.9 Å². The number of nitrogens with one attached hydrogen (secondary N) is 2. The Labute approximate surface area is 130 Å². The lowest BCUT2D eigenvalue weighted by molar-refractivity contribution is 0.0931. The highest BCUT2D eigenvalue weighted by molar-refractivity contribution is 5.98. The van der Waals surface area contributed by atoms with E-state index in [1.54, 1.807) is 6.26 Å². The molecule has 2 aromatic rings. The third-order valence-electron chi connectivity index (χ3n) is 5.10. The van der Waals surface area contributed by atoms with Crippen molar-refractivity contribution < 1.29 is 9.21 Å². The van der Waals surface area contributed by atoms with E-state index < -0.39 is 0 Å². The summed E-state index contributed by atoms with van der Waals surface area (Å²) in [5.41, 5.74) is 2.73. The molecular weight excluding hydrogens is 276 g/mol. The van der Waals surface area contributed by atoms with Crippen molar-refractivity contribution in [2.45, 2.75) is 57.2 Å². The predicted octanol–water partition coefficient (Wildman–Crippen LogP) is 3.18. The molecule has 0 spiro atoms. The Balaban J connectivity index is 1.57. The van der Waals surface area contributed by atoms with Crippen LogP contribution in [0.3, 0.4) is 0 Å². The molecule has 2 N–H and O–H groups in total. The summed E-state index contributed by atoms with van der Waals surface area (Å²) in [5.74, 6) is 0.409. The molecule has 2 fully saturated rings. The maximum absolute atomic E-state index is 12.6. The van der Waals surface area contributed by atoms with Crippen LogP contribution in [-0.2, 0) is 0 Å². The molecule has 0 radical (unpaired) electrons. The minimum absolute atomic E-state index is 0.0251. The van der Waals surface area contributed by atoms with Crippen LogP contribution in [0.15, 0.2) is 28.9 Å². The summed E-state index contributed by atoms with van der Waals surface area (Å²) in [6.07, 6.45) is 5.28. The molecule has 3 atom stereocenters. The zero-order valence-electron chi connectivity index (χ0n) is 13.1. The lowest BCUT2D eigenvalue weighted by Crippen LogP contribution is -2.42. The average molecular weight is 298 g/mol. The fraction of sp³-hybridized carbons (Fsp3) is 0.500. The number of furan rings is 1. The van der Waals surface area contributed by atoms with Crippen molar-refractivity contribution in [2.24, 2.45) is 0 Å². The van der Waals surface area contributed by atoms with Crippen LogP contribution in [0.4, 0.5) is 0 Å². The smallest absolute Gasteiger partial charge is 0.251 e. The molecule has 2 bridgehead atoms. The predicted molar refractivity (Wildman–Crippen MR) is 86.1 cm³/mol. The first kappa shape index (κ1) is 13.8. The molecule has 4 heteroatoms. The first-order chi connectivity index (χ1) is 10.6. The Morgan fingerprint density at radius 2 is 2.23 bits per heavy atom. The molecule has 22 heavy (non-hydrogen) atoms. The van der Waals surface area contributed by atoms with Crippen molar-refractivity contribution in [3.8, 4) is 0 Å². The van der Waals surface area contributed by atoms with E-state index >= 15 is 0 Å². The van der Waals surface area contributed by atoms with Gasteiger partial charge in [0, 0.05) is 34.6 Å². The summed E-state index contributed by atoms with van der Waals surface area (Å²) in [6, 6.07) is 7.04. The second-order valence-electron chi connectivity index (χ2n) is 6.92. The molecule has 1 aromatic carbocycles. The van der Waals surface area contributed by atoms with E-state index in [-0.39, 0.29) is 11.9 Å². The molecule has 116 valence electrons. The van der Waals surface area contributed by atoms with Gasteiger partial charge in [0.25, 0.3) is 5.91 Å². The summed E-state index contributed by atoms with van der Waals surface area (Å²) < 4.78 is 5.58. The fourth-order valence-electron chi connectivity index (χ4n) is 3.87. The van der Waals surface area contributed by atoms with Gasteiger partial charge in [0.15, 0.2) is 0 Å². The van der Waals surface area contributed by atoms with Gasteiger partial charge in [-0.3, -0.25) is 4.79 Å². The van der Waals surface area contributed by atoms with Crippen LogP contribution in [0.2, 0.25) is 0 Å². The summed E-state index contributed by atoms with van der Waals surface area (Å²) >= 11 is 0. The van der Waals surface area contributed by atoms with Gasteiger partial charge in [-0.15, -0.1) is 0 Å². The molecule has 0 aliphatic carbocycles. The van der Waals surface area contributed by atoms with Crippen LogP contribution in [0.25, 0.3) is 11.0 Å². The minimum atomic E-state index is 0.0251. The van der Waals surface area contributed by atoms with Crippen LogP contribution >= 0.6 is 0 Å². The largest absolute Gasteiger partial charge is 0.464 e. The zero-order valence-corrected chi connectivity index (χ0v) is 13.1. The summed E-state index contributed by atoms with van der Waals surface area (Å²) in [5, 5.41) is 7.80. The topological polar surface area (TPSA) is 54.3 Å². The van der Waals surface area contributed by atoms with E-state index in [0.29, 0.717) is 18.0 Å². The quantitative estimate of drug-likeness (QED) is 0.915. The second kappa shape index (κ2) is 5.13. The lowest BCUT2D eigenvalue weighted by atomic mass is 9.95. The number of hydrogen-bond acceptors (Lipinski definition) is 3. The van der Waals surface area contributed by atoms with Crippen LogP contribution in [0, 0.1) is 0 Å². The number of benzene rings is 1. The Bertz CT molecular complexity index is 719. The van der Waals surface area contributed by atoms with Crippen LogP contribution in [0.5, 0.6) is 0 Å². The SMILES string of the molecule is CC(C)c1coc2ccc(C(=O)N[C@@H]3CC4CCC3N4)cc12. The first-order valence-electron chi connectivity index (χ1n) is 8.20. The Hall–Kier alpha value is -1.81. The van der Waals surface area contributed by atoms with Crippen molar-refractivity contribution in [3.63, 3.8) is 0 Å². The zero-order chi connectivity index (χ0) is 15.3. The number of rotatable bonds is 3. The van der Waals surface area contributed by atoms with E-state index in [1.165, 1.54) is 12.8 Å².